The van der Waals surface area contributed by atoms with E-state index in [4.69, 9.17) is 21.9 Å². The van der Waals surface area contributed by atoms with E-state index in [1.54, 1.807) is 60.8 Å². The van der Waals surface area contributed by atoms with E-state index < -0.39 is 65.9 Å². The van der Waals surface area contributed by atoms with Crippen LogP contribution in [-0.4, -0.2) is 106 Å². The number of aliphatic carboxylic acids is 1. The molecule has 1 aliphatic heterocycles. The van der Waals surface area contributed by atoms with Crippen molar-refractivity contribution in [3.05, 3.63) is 108 Å². The number of ether oxygens (including phenoxy) is 1. The highest BCUT2D eigenvalue weighted by Crippen LogP contribution is 2.23. The number of likely N-dealkylation sites (tertiary alicyclic amines) is 1. The number of carboxylic acid groups (broad SMARTS) is 1. The molecule has 5 rings (SSSR count). The Labute approximate surface area is 365 Å². The predicted octanol–water partition coefficient (Wildman–Crippen LogP) is 1.96. The fraction of sp³-hybridized carbons (Fsp3) is 0.400. The minimum Gasteiger partial charge on any atom is -0.480 e. The number of rotatable bonds is 23. The fourth-order valence-electron chi connectivity index (χ4n) is 7.52. The molecule has 336 valence electrons. The zero-order chi connectivity index (χ0) is 45.1. The monoisotopic (exact) mass is 866 g/mol. The minimum atomic E-state index is -1.27. The van der Waals surface area contributed by atoms with Gasteiger partial charge >= 0.3 is 12.1 Å². The number of fused-ring (bicyclic) bond motifs is 1. The maximum atomic E-state index is 14.5. The lowest BCUT2D eigenvalue weighted by atomic mass is 10.0. The summed E-state index contributed by atoms with van der Waals surface area (Å²) >= 11 is 0. The smallest absolute Gasteiger partial charge is 0.408 e. The second-order valence-electron chi connectivity index (χ2n) is 15.5. The van der Waals surface area contributed by atoms with Crippen molar-refractivity contribution in [2.75, 3.05) is 19.6 Å². The molecular weight excluding hydrogens is 809 g/mol. The number of unbranched alkanes of at least 4 members (excludes halogenated alkanes) is 1. The first-order chi connectivity index (χ1) is 30.4. The predicted molar refractivity (Wildman–Crippen MR) is 237 cm³/mol. The average Bonchev–Trinajstić information content (AvgIpc) is 3.94. The highest BCUT2D eigenvalue weighted by molar-refractivity contribution is 5.96. The van der Waals surface area contributed by atoms with Crippen LogP contribution in [0.15, 0.2) is 96.1 Å². The number of carbonyl (C=O) groups is 6. The lowest BCUT2D eigenvalue weighted by molar-refractivity contribution is -0.149. The Balaban J connectivity index is 1.39. The standard InChI is InChI=1S/C45H58N10O8/c46-22-10-9-19-35(54-45(62)63-28-30-15-5-2-6-16-30)40(57)51-34(20-11-23-49-44(47)48)39(56)52-36(25-29-13-3-1-4-14-29)41(58)53-37(42(59)55-24-12-21-38(55)43(60)61)26-31-27-50-33-18-8-7-17-32(31)33/h1-8,13-18,27,34-38,50H,9-12,19-26,28,46H2,(H,51,57)(H,52,56)(H,53,58)(H,54,62)(H,60,61)(H4,47,48,49)/t34-,35+,36+,37-,38-/m0/s1. The molecule has 0 bridgehead atoms. The van der Waals surface area contributed by atoms with Gasteiger partial charge in [0.25, 0.3) is 0 Å². The van der Waals surface area contributed by atoms with Gasteiger partial charge in [-0.05, 0) is 74.2 Å². The Bertz CT molecular complexity index is 2180. The molecule has 0 aliphatic carbocycles. The third-order valence-corrected chi connectivity index (χ3v) is 10.8. The first-order valence-corrected chi connectivity index (χ1v) is 21.2. The molecule has 3 aromatic carbocycles. The molecule has 0 radical (unpaired) electrons. The topological polar surface area (TPSA) is 289 Å². The number of H-pyrrole nitrogens is 1. The molecule has 1 aliphatic rings. The Morgan fingerprint density at radius 2 is 1.35 bits per heavy atom. The second kappa shape index (κ2) is 23.9. The first-order valence-electron chi connectivity index (χ1n) is 21.2. The van der Waals surface area contributed by atoms with Crippen molar-refractivity contribution < 1.29 is 38.6 Å². The summed E-state index contributed by atoms with van der Waals surface area (Å²) in [6.45, 7) is 0.663. The number of carbonyl (C=O) groups excluding carboxylic acids is 5. The summed E-state index contributed by atoms with van der Waals surface area (Å²) < 4.78 is 5.38. The number of aliphatic imine (C=N–C) groups is 1. The van der Waals surface area contributed by atoms with E-state index in [1.807, 2.05) is 30.3 Å². The van der Waals surface area contributed by atoms with Gasteiger partial charge in [-0.25, -0.2) is 9.59 Å². The Morgan fingerprint density at radius 1 is 0.746 bits per heavy atom. The molecular formula is C45H58N10O8. The van der Waals surface area contributed by atoms with Gasteiger partial charge in [0.05, 0.1) is 0 Å². The summed E-state index contributed by atoms with van der Waals surface area (Å²) in [6.07, 6.45) is 3.23. The van der Waals surface area contributed by atoms with E-state index in [2.05, 4.69) is 31.2 Å². The number of aromatic nitrogens is 1. The largest absolute Gasteiger partial charge is 0.480 e. The number of alkyl carbamates (subject to hydrolysis) is 1. The van der Waals surface area contributed by atoms with Crippen LogP contribution >= 0.6 is 0 Å². The molecule has 0 unspecified atom stereocenters. The van der Waals surface area contributed by atoms with Crippen LogP contribution in [0, 0.1) is 0 Å². The number of amides is 5. The van der Waals surface area contributed by atoms with Crippen molar-refractivity contribution in [3.63, 3.8) is 0 Å². The van der Waals surface area contributed by atoms with Crippen LogP contribution in [0.4, 0.5) is 4.79 Å². The van der Waals surface area contributed by atoms with Crippen molar-refractivity contribution in [1.82, 2.24) is 31.2 Å². The quantitative estimate of drug-likeness (QED) is 0.0295. The summed E-state index contributed by atoms with van der Waals surface area (Å²) in [5.41, 5.74) is 19.8. The Kier molecular flexibility index (Phi) is 17.9. The molecule has 1 saturated heterocycles. The summed E-state index contributed by atoms with van der Waals surface area (Å²) in [4.78, 5) is 90.7. The molecule has 1 fully saturated rings. The second-order valence-corrected chi connectivity index (χ2v) is 15.5. The van der Waals surface area contributed by atoms with Gasteiger partial charge < -0.3 is 58.2 Å². The SMILES string of the molecule is NCCCC[C@@H](NC(=O)OCc1ccccc1)C(=O)N[C@@H](CCCN=C(N)N)C(=O)N[C@H](Cc1ccccc1)C(=O)N[C@@H](Cc1c[nH]c2ccccc12)C(=O)N1CCC[C@H]1C(=O)O. The van der Waals surface area contributed by atoms with E-state index >= 15 is 0 Å². The van der Waals surface area contributed by atoms with Crippen LogP contribution < -0.4 is 38.5 Å². The van der Waals surface area contributed by atoms with E-state index in [0.717, 1.165) is 22.0 Å². The Hall–Kier alpha value is -6.95. The van der Waals surface area contributed by atoms with E-state index in [1.165, 1.54) is 4.90 Å². The van der Waals surface area contributed by atoms with Crippen LogP contribution in [0.2, 0.25) is 0 Å². The zero-order valence-corrected chi connectivity index (χ0v) is 35.2. The normalized spacial score (nSPS) is 15.3. The number of hydrogen-bond donors (Lipinski definition) is 9. The van der Waals surface area contributed by atoms with Crippen LogP contribution in [0.5, 0.6) is 0 Å². The molecule has 5 atom stereocenters. The number of hydrogen-bond acceptors (Lipinski definition) is 9. The van der Waals surface area contributed by atoms with E-state index in [9.17, 15) is 33.9 Å². The van der Waals surface area contributed by atoms with Gasteiger partial charge in [-0.15, -0.1) is 0 Å². The summed E-state index contributed by atoms with van der Waals surface area (Å²) in [7, 11) is 0. The molecule has 18 heteroatoms. The van der Waals surface area contributed by atoms with Crippen molar-refractivity contribution >= 4 is 52.6 Å². The van der Waals surface area contributed by atoms with Gasteiger partial charge in [0, 0.05) is 43.0 Å². The summed E-state index contributed by atoms with van der Waals surface area (Å²) in [5, 5.41) is 21.8. The number of nitrogens with two attached hydrogens (primary N) is 3. The zero-order valence-electron chi connectivity index (χ0n) is 35.2. The van der Waals surface area contributed by atoms with Gasteiger partial charge in [0.1, 0.15) is 36.8 Å². The number of nitrogens with zero attached hydrogens (tertiary/aromatic N) is 2. The molecule has 63 heavy (non-hydrogen) atoms. The minimum absolute atomic E-state index is 0.000927. The molecule has 1 aromatic heterocycles. The van der Waals surface area contributed by atoms with Crippen LogP contribution in [0.25, 0.3) is 10.9 Å². The molecule has 12 N–H and O–H groups in total. The summed E-state index contributed by atoms with van der Waals surface area (Å²) in [6, 6.07) is 19.6. The maximum Gasteiger partial charge on any atom is 0.408 e. The molecule has 18 nitrogen and oxygen atoms in total. The fourth-order valence-corrected chi connectivity index (χ4v) is 7.52. The van der Waals surface area contributed by atoms with Crippen molar-refractivity contribution in [2.45, 2.75) is 94.6 Å². The third kappa shape index (κ3) is 14.3. The van der Waals surface area contributed by atoms with Crippen LogP contribution in [0.1, 0.15) is 61.6 Å². The number of aromatic amines is 1. The number of nitrogens with one attached hydrogen (secondary N) is 5. The molecule has 4 aromatic rings. The highest BCUT2D eigenvalue weighted by Gasteiger charge is 2.39. The van der Waals surface area contributed by atoms with E-state index in [-0.39, 0.29) is 64.2 Å². The third-order valence-electron chi connectivity index (χ3n) is 10.8. The number of carboxylic acids is 1. The number of para-hydroxylation sites is 1. The Morgan fingerprint density at radius 3 is 2.03 bits per heavy atom. The molecule has 5 amide bonds. The van der Waals surface area contributed by atoms with Crippen molar-refractivity contribution in [2.24, 2.45) is 22.2 Å². The molecule has 0 saturated carbocycles. The van der Waals surface area contributed by atoms with Gasteiger partial charge in [0.2, 0.25) is 23.6 Å². The van der Waals surface area contributed by atoms with Gasteiger partial charge in [-0.2, -0.15) is 0 Å². The van der Waals surface area contributed by atoms with Gasteiger partial charge in [-0.3, -0.25) is 24.2 Å². The highest BCUT2D eigenvalue weighted by atomic mass is 16.5. The van der Waals surface area contributed by atoms with E-state index in [0.29, 0.717) is 31.4 Å². The molecule has 0 spiro atoms. The summed E-state index contributed by atoms with van der Waals surface area (Å²) in [5.74, 6) is -3.95. The van der Waals surface area contributed by atoms with Crippen LogP contribution in [-0.2, 0) is 48.2 Å². The van der Waals surface area contributed by atoms with Crippen molar-refractivity contribution in [3.8, 4) is 0 Å². The number of guanidine groups is 1. The first kappa shape index (κ1) is 47.1. The van der Waals surface area contributed by atoms with Crippen LogP contribution in [0.3, 0.4) is 0 Å². The lowest BCUT2D eigenvalue weighted by Crippen LogP contribution is -2.59. The van der Waals surface area contributed by atoms with Crippen molar-refractivity contribution in [1.29, 1.82) is 0 Å². The van der Waals surface area contributed by atoms with Gasteiger partial charge in [-0.1, -0.05) is 78.9 Å². The lowest BCUT2D eigenvalue weighted by Gasteiger charge is -2.29. The average molecular weight is 867 g/mol. The van der Waals surface area contributed by atoms with Gasteiger partial charge in [0.15, 0.2) is 5.96 Å². The number of benzene rings is 3. The maximum absolute atomic E-state index is 14.5. The molecule has 2 heterocycles.